The molecule has 0 radical (unpaired) electrons. The lowest BCUT2D eigenvalue weighted by molar-refractivity contribution is -0.166. The molecule has 0 spiro atoms. The van der Waals surface area contributed by atoms with Crippen molar-refractivity contribution in [3.8, 4) is 0 Å². The first-order valence-electron chi connectivity index (χ1n) is 8.99. The fourth-order valence-corrected chi connectivity index (χ4v) is 3.09. The van der Waals surface area contributed by atoms with Gasteiger partial charge in [0.2, 0.25) is 5.91 Å². The van der Waals surface area contributed by atoms with E-state index < -0.39 is 63.0 Å². The van der Waals surface area contributed by atoms with E-state index >= 15 is 0 Å². The van der Waals surface area contributed by atoms with E-state index in [9.17, 15) is 40.7 Å². The zero-order valence-corrected chi connectivity index (χ0v) is 18.2. The van der Waals surface area contributed by atoms with Crippen LogP contribution in [-0.4, -0.2) is 57.3 Å². The summed E-state index contributed by atoms with van der Waals surface area (Å²) >= 11 is 0. The number of anilines is 1. The maximum absolute atomic E-state index is 13.3. The number of alkyl halides is 5. The minimum Gasteiger partial charge on any atom is -0.334 e. The van der Waals surface area contributed by atoms with Crippen LogP contribution in [0.4, 0.5) is 32.0 Å². The summed E-state index contributed by atoms with van der Waals surface area (Å²) in [5.41, 5.74) is -0.975. The van der Waals surface area contributed by atoms with E-state index in [1.165, 1.54) is 0 Å². The summed E-state index contributed by atoms with van der Waals surface area (Å²) in [7, 11) is -0.578. The molecule has 0 unspecified atom stereocenters. The van der Waals surface area contributed by atoms with Crippen molar-refractivity contribution in [1.29, 1.82) is 0 Å². The van der Waals surface area contributed by atoms with Crippen LogP contribution in [0, 0.1) is 11.7 Å². The molecule has 1 aromatic carbocycles. The van der Waals surface area contributed by atoms with Crippen LogP contribution in [-0.2, 0) is 14.4 Å². The van der Waals surface area contributed by atoms with Crippen LogP contribution in [0.3, 0.4) is 0 Å². The first-order valence-corrected chi connectivity index (χ1v) is 9.99. The molecule has 3 amide bonds. The Balaban J connectivity index is 2.00. The quantitative estimate of drug-likeness (QED) is 0.298. The van der Waals surface area contributed by atoms with Gasteiger partial charge >= 0.3 is 18.0 Å². The molecule has 1 heterocycles. The van der Waals surface area contributed by atoms with E-state index in [-0.39, 0.29) is 25.2 Å². The first kappa shape index (κ1) is 24.4. The van der Waals surface area contributed by atoms with Gasteiger partial charge in [0.1, 0.15) is 11.0 Å². The highest BCUT2D eigenvalue weighted by molar-refractivity contribution is 6.36. The molecule has 1 aliphatic heterocycles. The van der Waals surface area contributed by atoms with E-state index in [1.807, 2.05) is 0 Å². The number of rotatable bonds is 5. The highest BCUT2D eigenvalue weighted by atomic mass is 28.1. The van der Waals surface area contributed by atoms with Crippen molar-refractivity contribution in [3.05, 3.63) is 42.2 Å². The number of halogens is 6. The molecule has 170 valence electrons. The van der Waals surface area contributed by atoms with Gasteiger partial charge in [-0.05, 0) is 24.6 Å². The summed E-state index contributed by atoms with van der Waals surface area (Å²) < 4.78 is 78.1. The lowest BCUT2D eigenvalue weighted by atomic mass is 10.1. The Labute approximate surface area is 176 Å². The van der Waals surface area contributed by atoms with Crippen molar-refractivity contribution >= 4 is 33.7 Å². The molecule has 1 saturated heterocycles. The number of carbonyl (C=O) groups excluding carboxylic acids is 3. The summed E-state index contributed by atoms with van der Waals surface area (Å²) in [5.74, 6) is -5.34. The summed E-state index contributed by atoms with van der Waals surface area (Å²) in [6.07, 6.45) is -7.30. The lowest BCUT2D eigenvalue weighted by Gasteiger charge is -2.30. The Kier molecular flexibility index (Phi) is 7.19. The van der Waals surface area contributed by atoms with Crippen LogP contribution in [0.25, 0.3) is 0 Å². The third kappa shape index (κ3) is 5.45. The zero-order chi connectivity index (χ0) is 23.6. The molecule has 1 aromatic rings. The molecule has 2 atom stereocenters. The Morgan fingerprint density at radius 3 is 2.45 bits per heavy atom. The predicted octanol–water partition coefficient (Wildman–Crippen LogP) is 1.48. The van der Waals surface area contributed by atoms with Crippen molar-refractivity contribution in [3.63, 3.8) is 0 Å². The normalized spacial score (nSPS) is 18.5. The Morgan fingerprint density at radius 1 is 1.26 bits per heavy atom. The van der Waals surface area contributed by atoms with Gasteiger partial charge in [0.15, 0.2) is 0 Å². The topological polar surface area (TPSA) is 78.5 Å². The van der Waals surface area contributed by atoms with E-state index in [0.29, 0.717) is 6.08 Å². The number of nitrogens with one attached hydrogen (secondary N) is 2. The number of hydrogen-bond donors (Lipinski definition) is 2. The average molecular weight is 467 g/mol. The fourth-order valence-electron chi connectivity index (χ4n) is 2.86. The van der Waals surface area contributed by atoms with Gasteiger partial charge in [-0.3, -0.25) is 14.4 Å². The minimum atomic E-state index is -4.82. The smallest absolute Gasteiger partial charge is 0.334 e. The molecule has 0 aliphatic carbocycles. The second kappa shape index (κ2) is 9.12. The van der Waals surface area contributed by atoms with Gasteiger partial charge in [-0.2, -0.15) is 13.2 Å². The Hall–Kier alpha value is -2.83. The van der Waals surface area contributed by atoms with E-state index in [4.69, 9.17) is 0 Å². The van der Waals surface area contributed by atoms with Crippen LogP contribution in [0.5, 0.6) is 0 Å². The van der Waals surface area contributed by atoms with E-state index in [1.54, 1.807) is 5.32 Å². The van der Waals surface area contributed by atoms with Crippen molar-refractivity contribution < 1.29 is 40.7 Å². The molecule has 0 aromatic heterocycles. The van der Waals surface area contributed by atoms with Gasteiger partial charge < -0.3 is 15.5 Å². The van der Waals surface area contributed by atoms with Crippen molar-refractivity contribution in [2.75, 3.05) is 18.4 Å². The maximum Gasteiger partial charge on any atom is 0.410 e. The number of amides is 3. The molecule has 2 N–H and O–H groups in total. The molecule has 1 fully saturated rings. The summed E-state index contributed by atoms with van der Waals surface area (Å²) in [5, 5.41) is 1.30. The summed E-state index contributed by atoms with van der Waals surface area (Å²) in [6.45, 7) is 2.74. The van der Waals surface area contributed by atoms with Crippen LogP contribution in [0.1, 0.15) is 18.4 Å². The zero-order valence-electron chi connectivity index (χ0n) is 16.2. The highest BCUT2D eigenvalue weighted by Crippen LogP contribution is 2.29. The molecule has 2 rings (SSSR count). The lowest BCUT2D eigenvalue weighted by Crippen LogP contribution is -2.60. The van der Waals surface area contributed by atoms with Crippen molar-refractivity contribution in [2.45, 2.75) is 24.2 Å². The predicted molar refractivity (Wildman–Crippen MR) is 102 cm³/mol. The summed E-state index contributed by atoms with van der Waals surface area (Å²) in [4.78, 5) is 37.5. The van der Waals surface area contributed by atoms with Crippen LogP contribution < -0.4 is 10.6 Å². The number of likely N-dealkylation sites (tertiary alicyclic amines) is 1. The molecular weight excluding hydrogens is 448 g/mol. The highest BCUT2D eigenvalue weighted by Gasteiger charge is 2.50. The van der Waals surface area contributed by atoms with Gasteiger partial charge in [-0.15, -0.1) is 6.58 Å². The molecule has 13 heteroatoms. The number of benzene rings is 1. The number of hydrogen-bond acceptors (Lipinski definition) is 3. The van der Waals surface area contributed by atoms with E-state index in [0.717, 1.165) is 23.1 Å². The van der Waals surface area contributed by atoms with Gasteiger partial charge in [0.25, 0.3) is 6.43 Å². The monoisotopic (exact) mass is 467 g/mol. The molecular formula is C18H19F6N3O3Si. The van der Waals surface area contributed by atoms with Crippen molar-refractivity contribution in [1.82, 2.24) is 10.2 Å². The maximum atomic E-state index is 13.3. The summed E-state index contributed by atoms with van der Waals surface area (Å²) in [6, 6.07) is 2.63. The molecule has 0 saturated carbocycles. The molecule has 1 aliphatic rings. The minimum absolute atomic E-state index is 0.0652. The molecule has 0 bridgehead atoms. The molecule has 31 heavy (non-hydrogen) atoms. The first-order chi connectivity index (χ1) is 14.3. The van der Waals surface area contributed by atoms with Gasteiger partial charge in [0.05, 0.1) is 21.7 Å². The Bertz CT molecular complexity index is 895. The third-order valence-corrected chi connectivity index (χ3v) is 6.13. The Morgan fingerprint density at radius 2 is 1.90 bits per heavy atom. The van der Waals surface area contributed by atoms with Crippen LogP contribution in [0.2, 0.25) is 0 Å². The molecule has 6 nitrogen and oxygen atoms in total. The van der Waals surface area contributed by atoms with Crippen molar-refractivity contribution in [2.24, 2.45) is 5.92 Å². The fraction of sp³-hybridized carbons (Fsp3) is 0.389. The SMILES string of the molecule is C=C[C@@]([SiH3])(NC(=O)C(=O)N1CC[C@H](C(=O)Nc2ccc(F)c(C(F)F)c2)C1)C(F)(F)F. The van der Waals surface area contributed by atoms with Gasteiger partial charge in [0, 0.05) is 18.8 Å². The second-order valence-electron chi connectivity index (χ2n) is 7.12. The number of nitrogens with zero attached hydrogens (tertiary/aromatic N) is 1. The second-order valence-corrected chi connectivity index (χ2v) is 8.70. The largest absolute Gasteiger partial charge is 0.410 e. The van der Waals surface area contributed by atoms with Crippen LogP contribution >= 0.6 is 0 Å². The van der Waals surface area contributed by atoms with Gasteiger partial charge in [-0.1, -0.05) is 6.08 Å². The third-order valence-electron chi connectivity index (χ3n) is 4.91. The average Bonchev–Trinajstić information content (AvgIpc) is 3.17. The van der Waals surface area contributed by atoms with Crippen LogP contribution in [0.15, 0.2) is 30.9 Å². The van der Waals surface area contributed by atoms with Gasteiger partial charge in [-0.25, -0.2) is 13.2 Å². The standard InChI is InChI=1S/C18H19F6N3O3Si/c1-2-17(31,18(22,23)24)26-15(29)16(30)27-6-5-9(8-27)14(28)25-10-3-4-12(19)11(7-10)13(20)21/h2-4,7,9,13H,1,5-6,8H2,31H3,(H,25,28)(H,26,29)/t9-,17-/m0/s1. The number of carbonyl (C=O) groups is 3. The van der Waals surface area contributed by atoms with E-state index in [2.05, 4.69) is 11.9 Å².